The summed E-state index contributed by atoms with van der Waals surface area (Å²) < 4.78 is 15.2. The Kier molecular flexibility index (Phi) is 13.9. The first-order valence-corrected chi connectivity index (χ1v) is 17.2. The van der Waals surface area contributed by atoms with Crippen LogP contribution in [0.5, 0.6) is 0 Å². The molecule has 2 aromatic heterocycles. The molecule has 6 rings (SSSR count). The number of nitrogens with zero attached hydrogens (tertiary/aromatic N) is 4. The van der Waals surface area contributed by atoms with E-state index in [1.165, 1.54) is 22.5 Å². The highest BCUT2D eigenvalue weighted by Crippen LogP contribution is 2.47. The van der Waals surface area contributed by atoms with Crippen LogP contribution in [0.3, 0.4) is 0 Å². The van der Waals surface area contributed by atoms with Crippen LogP contribution in [0.1, 0.15) is 46.3 Å². The molecule has 2 unspecified atom stereocenters. The number of aliphatic carboxylic acids is 4. The number of piperazine rings is 1. The number of hydrogen-bond donors (Lipinski definition) is 4. The molecular weight excluding hydrogens is 719 g/mol. The number of aryl methyl sites for hydroxylation is 1. The number of hydrogen-bond acceptors (Lipinski definition) is 9. The molecule has 0 bridgehead atoms. The second kappa shape index (κ2) is 18.3. The Morgan fingerprint density at radius 2 is 1.46 bits per heavy atom. The molecule has 0 radical (unpaired) electrons. The van der Waals surface area contributed by atoms with E-state index in [1.807, 2.05) is 36.7 Å². The fourth-order valence-electron chi connectivity index (χ4n) is 6.14. The zero-order valence-corrected chi connectivity index (χ0v) is 29.5. The molecule has 0 amide bonds. The molecule has 2 aromatic carbocycles. The maximum atomic E-state index is 13.6. The number of rotatable bonds is 9. The van der Waals surface area contributed by atoms with E-state index in [1.54, 1.807) is 16.5 Å². The molecule has 3 heterocycles. The monoisotopic (exact) mass is 754 g/mol. The molecule has 1 aliphatic heterocycles. The van der Waals surface area contributed by atoms with Gasteiger partial charge in [0, 0.05) is 96.8 Å². The van der Waals surface area contributed by atoms with Crippen LogP contribution in [0.2, 0.25) is 5.02 Å². The summed E-state index contributed by atoms with van der Waals surface area (Å²) in [6, 6.07) is 13.5. The van der Waals surface area contributed by atoms with Crippen molar-refractivity contribution < 1.29 is 44.0 Å². The van der Waals surface area contributed by atoms with Gasteiger partial charge >= 0.3 is 23.9 Å². The lowest BCUT2D eigenvalue weighted by molar-refractivity contribution is -0.134. The van der Waals surface area contributed by atoms with Crippen LogP contribution in [0, 0.1) is 12.7 Å². The zero-order chi connectivity index (χ0) is 37.9. The fourth-order valence-corrected chi connectivity index (χ4v) is 7.08. The maximum absolute atomic E-state index is 13.6. The predicted molar refractivity (Wildman–Crippen MR) is 192 cm³/mol. The third-order valence-corrected chi connectivity index (χ3v) is 9.54. The van der Waals surface area contributed by atoms with E-state index < -0.39 is 23.9 Å². The third kappa shape index (κ3) is 10.9. The lowest BCUT2D eigenvalue weighted by Crippen LogP contribution is -2.48. The van der Waals surface area contributed by atoms with Gasteiger partial charge in [0.05, 0.1) is 0 Å². The minimum atomic E-state index is -1.26. The van der Waals surface area contributed by atoms with E-state index in [4.69, 9.17) is 32.0 Å². The minimum absolute atomic E-state index is 0.0606. The molecule has 0 saturated carbocycles. The van der Waals surface area contributed by atoms with E-state index in [2.05, 4.69) is 26.9 Å². The Morgan fingerprint density at radius 3 is 2.02 bits per heavy atom. The lowest BCUT2D eigenvalue weighted by atomic mass is 9.93. The standard InChI is InChI=1S/C28H28ClFN4OS.2C4H4O4/c1-18-22(27(35)34-14-15-36-28(34)31-18)8-9-32-10-12-33(13-11-32)26-17-24(19-2-5-21(30)6-3-19)25-16-20(29)4-7-23(25)26;2*5-3(6)1-2-4(7)8/h2-7,14-16,24,26H,8-13,17H2,1H3;2*1-2H,(H,5,6)(H,7,8)/b;2*2-1-. The summed E-state index contributed by atoms with van der Waals surface area (Å²) in [5, 5.41) is 33.9. The van der Waals surface area contributed by atoms with Gasteiger partial charge in [0.15, 0.2) is 4.96 Å². The summed E-state index contributed by atoms with van der Waals surface area (Å²) >= 11 is 7.87. The van der Waals surface area contributed by atoms with E-state index in [9.17, 15) is 28.4 Å². The maximum Gasteiger partial charge on any atom is 0.328 e. The molecule has 1 saturated heterocycles. The second-order valence-electron chi connectivity index (χ2n) is 11.8. The zero-order valence-electron chi connectivity index (χ0n) is 27.9. The van der Waals surface area contributed by atoms with E-state index in [0.717, 1.165) is 65.9 Å². The van der Waals surface area contributed by atoms with Gasteiger partial charge in [-0.3, -0.25) is 14.1 Å². The van der Waals surface area contributed by atoms with Crippen LogP contribution >= 0.6 is 22.9 Å². The molecule has 0 spiro atoms. The van der Waals surface area contributed by atoms with Crippen molar-refractivity contribution >= 4 is 51.8 Å². The number of fused-ring (bicyclic) bond motifs is 2. The van der Waals surface area contributed by atoms with Gasteiger partial charge in [-0.25, -0.2) is 28.6 Å². The summed E-state index contributed by atoms with van der Waals surface area (Å²) in [4.78, 5) is 61.5. The predicted octanol–water partition coefficient (Wildman–Crippen LogP) is 4.72. The highest BCUT2D eigenvalue weighted by molar-refractivity contribution is 7.15. The van der Waals surface area contributed by atoms with Gasteiger partial charge < -0.3 is 25.3 Å². The molecular formula is C36H36ClFN4O9S. The Labute approximate surface area is 306 Å². The fraction of sp³-hybridized carbons (Fsp3) is 0.278. The van der Waals surface area contributed by atoms with Gasteiger partial charge in [0.1, 0.15) is 5.82 Å². The van der Waals surface area contributed by atoms with Crippen LogP contribution in [-0.2, 0) is 25.6 Å². The van der Waals surface area contributed by atoms with Crippen molar-refractivity contribution in [2.75, 3.05) is 32.7 Å². The number of carbonyl (C=O) groups is 4. The molecule has 2 aliphatic rings. The summed E-state index contributed by atoms with van der Waals surface area (Å²) in [5.74, 6) is -5.02. The number of benzene rings is 2. The van der Waals surface area contributed by atoms with Gasteiger partial charge in [-0.05, 0) is 60.7 Å². The van der Waals surface area contributed by atoms with Crippen molar-refractivity contribution in [2.24, 2.45) is 0 Å². The molecule has 1 aliphatic carbocycles. The Hall–Kier alpha value is -5.22. The largest absolute Gasteiger partial charge is 0.478 e. The molecule has 4 N–H and O–H groups in total. The van der Waals surface area contributed by atoms with Crippen molar-refractivity contribution in [1.29, 1.82) is 0 Å². The van der Waals surface area contributed by atoms with Crippen molar-refractivity contribution in [2.45, 2.75) is 31.7 Å². The van der Waals surface area contributed by atoms with Crippen molar-refractivity contribution in [1.82, 2.24) is 19.2 Å². The summed E-state index contributed by atoms with van der Waals surface area (Å²) in [6.45, 7) is 6.68. The molecule has 13 nitrogen and oxygen atoms in total. The lowest BCUT2D eigenvalue weighted by Gasteiger charge is -2.38. The van der Waals surface area contributed by atoms with Crippen molar-refractivity contribution in [3.8, 4) is 0 Å². The SMILES string of the molecule is Cc1nc2sccn2c(=O)c1CCN1CCN(C2CC(c3ccc(F)cc3)c3cc(Cl)ccc32)CC1.O=C(O)/C=C\C(=O)O.O=C(O)/C=C\C(=O)O. The van der Waals surface area contributed by atoms with Crippen LogP contribution in [0.15, 0.2) is 83.1 Å². The first kappa shape index (κ1) is 39.6. The molecule has 1 fully saturated rings. The Morgan fingerprint density at radius 1 is 0.885 bits per heavy atom. The Balaban J connectivity index is 0.000000317. The van der Waals surface area contributed by atoms with Gasteiger partial charge in [0.25, 0.3) is 5.56 Å². The quantitative estimate of drug-likeness (QED) is 0.172. The number of halogens is 2. The van der Waals surface area contributed by atoms with Crippen molar-refractivity contribution in [3.05, 3.63) is 127 Å². The van der Waals surface area contributed by atoms with E-state index in [0.29, 0.717) is 36.8 Å². The summed E-state index contributed by atoms with van der Waals surface area (Å²) in [6.07, 6.45) is 5.73. The molecule has 274 valence electrons. The molecule has 2 atom stereocenters. The molecule has 16 heteroatoms. The van der Waals surface area contributed by atoms with Gasteiger partial charge in [-0.1, -0.05) is 29.8 Å². The Bertz CT molecular complexity index is 1970. The van der Waals surface area contributed by atoms with Crippen LogP contribution in [0.25, 0.3) is 4.96 Å². The van der Waals surface area contributed by atoms with Gasteiger partial charge in [-0.2, -0.15) is 0 Å². The number of aromatic nitrogens is 2. The smallest absolute Gasteiger partial charge is 0.328 e. The van der Waals surface area contributed by atoms with Gasteiger partial charge in [-0.15, -0.1) is 11.3 Å². The van der Waals surface area contributed by atoms with Crippen LogP contribution in [-0.4, -0.2) is 96.2 Å². The summed E-state index contributed by atoms with van der Waals surface area (Å²) in [5.41, 5.74) is 5.45. The molecule has 4 aromatic rings. The van der Waals surface area contributed by atoms with E-state index in [-0.39, 0.29) is 17.3 Å². The number of carboxylic acid groups (broad SMARTS) is 4. The first-order chi connectivity index (χ1) is 24.7. The second-order valence-corrected chi connectivity index (χ2v) is 13.1. The van der Waals surface area contributed by atoms with E-state index >= 15 is 0 Å². The van der Waals surface area contributed by atoms with Crippen molar-refractivity contribution in [3.63, 3.8) is 0 Å². The van der Waals surface area contributed by atoms with Crippen LogP contribution in [0.4, 0.5) is 4.39 Å². The van der Waals surface area contributed by atoms with Gasteiger partial charge in [0.2, 0.25) is 0 Å². The average Bonchev–Trinajstić information content (AvgIpc) is 3.72. The summed E-state index contributed by atoms with van der Waals surface area (Å²) in [7, 11) is 0. The first-order valence-electron chi connectivity index (χ1n) is 16.0. The normalized spacial score (nSPS) is 17.3. The third-order valence-electron chi connectivity index (χ3n) is 8.54. The highest BCUT2D eigenvalue weighted by atomic mass is 35.5. The van der Waals surface area contributed by atoms with Crippen LogP contribution < -0.4 is 5.56 Å². The highest BCUT2D eigenvalue weighted by Gasteiger charge is 2.36. The number of carboxylic acids is 4. The number of thiazole rings is 1. The minimum Gasteiger partial charge on any atom is -0.478 e. The average molecular weight is 755 g/mol. The topological polar surface area (TPSA) is 190 Å². The molecule has 52 heavy (non-hydrogen) atoms.